The summed E-state index contributed by atoms with van der Waals surface area (Å²) < 4.78 is 3.16. The summed E-state index contributed by atoms with van der Waals surface area (Å²) in [5.41, 5.74) is 4.66. The lowest BCUT2D eigenvalue weighted by Gasteiger charge is -2.11. The van der Waals surface area contributed by atoms with Gasteiger partial charge in [-0.1, -0.05) is 34.1 Å². The number of carbonyl (C=O) groups is 2. The fraction of sp³-hybridized carbons (Fsp3) is 0.0909. The number of para-hydroxylation sites is 1. The molecular weight excluding hydrogens is 436 g/mol. The Balaban J connectivity index is 1.70. The summed E-state index contributed by atoms with van der Waals surface area (Å²) in [5, 5.41) is -0.274. The zero-order chi connectivity index (χ0) is 19.8. The molecule has 0 spiro atoms. The van der Waals surface area contributed by atoms with Crippen LogP contribution in [0.25, 0.3) is 11.8 Å². The van der Waals surface area contributed by atoms with E-state index in [-0.39, 0.29) is 11.1 Å². The summed E-state index contributed by atoms with van der Waals surface area (Å²) in [6, 6.07) is 19.1. The van der Waals surface area contributed by atoms with Gasteiger partial charge >= 0.3 is 0 Å². The molecule has 2 aromatic carbocycles. The van der Waals surface area contributed by atoms with E-state index >= 15 is 0 Å². The molecule has 1 saturated heterocycles. The predicted octanol–water partition coefficient (Wildman–Crippen LogP) is 6.10. The molecule has 0 unspecified atom stereocenters. The van der Waals surface area contributed by atoms with Crippen molar-refractivity contribution >= 4 is 50.6 Å². The fourth-order valence-electron chi connectivity index (χ4n) is 3.33. The maximum Gasteiger partial charge on any atom is 0.298 e. The Morgan fingerprint density at radius 2 is 1.61 bits per heavy atom. The number of aromatic nitrogens is 1. The first kappa shape index (κ1) is 18.8. The zero-order valence-electron chi connectivity index (χ0n) is 15.3. The van der Waals surface area contributed by atoms with Crippen molar-refractivity contribution in [2.24, 2.45) is 0 Å². The summed E-state index contributed by atoms with van der Waals surface area (Å²) in [5.74, 6) is -0.283. The first-order valence-electron chi connectivity index (χ1n) is 8.73. The van der Waals surface area contributed by atoms with Gasteiger partial charge in [-0.05, 0) is 79.7 Å². The van der Waals surface area contributed by atoms with Gasteiger partial charge in [0.05, 0.1) is 10.6 Å². The SMILES string of the molecule is Cc1cc(C=C2SC(=O)N(c3ccccc3)C2=O)c(C)n1-c1ccc(Br)cc1. The lowest BCUT2D eigenvalue weighted by molar-refractivity contribution is -0.113. The van der Waals surface area contributed by atoms with Crippen LogP contribution in [0.5, 0.6) is 0 Å². The molecular formula is C22H17BrN2O2S. The summed E-state index contributed by atoms with van der Waals surface area (Å²) in [7, 11) is 0. The van der Waals surface area contributed by atoms with Crippen LogP contribution in [-0.2, 0) is 4.79 Å². The van der Waals surface area contributed by atoms with Gasteiger partial charge in [0.1, 0.15) is 0 Å². The Hall–Kier alpha value is -2.57. The minimum absolute atomic E-state index is 0.274. The third-order valence-electron chi connectivity index (χ3n) is 4.65. The third-order valence-corrected chi connectivity index (χ3v) is 6.05. The van der Waals surface area contributed by atoms with Gasteiger partial charge in [0.25, 0.3) is 11.1 Å². The molecule has 0 atom stereocenters. The maximum absolute atomic E-state index is 12.8. The molecule has 28 heavy (non-hydrogen) atoms. The van der Waals surface area contributed by atoms with E-state index in [4.69, 9.17) is 0 Å². The summed E-state index contributed by atoms with van der Waals surface area (Å²) >= 11 is 4.44. The monoisotopic (exact) mass is 452 g/mol. The summed E-state index contributed by atoms with van der Waals surface area (Å²) in [4.78, 5) is 26.9. The lowest BCUT2D eigenvalue weighted by atomic mass is 10.2. The number of hydrogen-bond donors (Lipinski definition) is 0. The highest BCUT2D eigenvalue weighted by molar-refractivity contribution is 9.10. The quantitative estimate of drug-likeness (QED) is 0.451. The first-order chi connectivity index (χ1) is 13.5. The predicted molar refractivity (Wildman–Crippen MR) is 118 cm³/mol. The molecule has 140 valence electrons. The van der Waals surface area contributed by atoms with E-state index in [9.17, 15) is 9.59 Å². The molecule has 4 nitrogen and oxygen atoms in total. The molecule has 4 rings (SSSR count). The molecule has 0 aliphatic carbocycles. The van der Waals surface area contributed by atoms with Crippen molar-refractivity contribution in [3.05, 3.63) is 87.0 Å². The van der Waals surface area contributed by atoms with Crippen molar-refractivity contribution in [3.8, 4) is 5.69 Å². The van der Waals surface area contributed by atoms with Crippen molar-refractivity contribution in [3.63, 3.8) is 0 Å². The second-order valence-corrected chi connectivity index (χ2v) is 8.40. The van der Waals surface area contributed by atoms with E-state index in [1.807, 2.05) is 68.5 Å². The van der Waals surface area contributed by atoms with Crippen molar-refractivity contribution in [1.29, 1.82) is 0 Å². The van der Waals surface area contributed by atoms with Gasteiger partial charge in [-0.3, -0.25) is 9.59 Å². The van der Waals surface area contributed by atoms with Crippen LogP contribution in [0.1, 0.15) is 17.0 Å². The van der Waals surface area contributed by atoms with Crippen molar-refractivity contribution in [1.82, 2.24) is 4.57 Å². The van der Waals surface area contributed by atoms with Gasteiger partial charge in [0.2, 0.25) is 0 Å². The molecule has 0 radical (unpaired) electrons. The Morgan fingerprint density at radius 3 is 2.29 bits per heavy atom. The minimum atomic E-state index is -0.283. The second-order valence-electron chi connectivity index (χ2n) is 6.49. The number of anilines is 1. The van der Waals surface area contributed by atoms with Crippen molar-refractivity contribution in [2.45, 2.75) is 13.8 Å². The number of amides is 2. The van der Waals surface area contributed by atoms with Crippen LogP contribution in [0, 0.1) is 13.8 Å². The van der Waals surface area contributed by atoms with Gasteiger partial charge in [-0.15, -0.1) is 0 Å². The molecule has 6 heteroatoms. The number of imide groups is 1. The van der Waals surface area contributed by atoms with Crippen LogP contribution in [0.2, 0.25) is 0 Å². The number of carbonyl (C=O) groups excluding carboxylic acids is 2. The van der Waals surface area contributed by atoms with Gasteiger partial charge in [-0.25, -0.2) is 4.90 Å². The van der Waals surface area contributed by atoms with Crippen LogP contribution < -0.4 is 4.90 Å². The van der Waals surface area contributed by atoms with E-state index in [1.54, 1.807) is 12.1 Å². The van der Waals surface area contributed by atoms with Gasteiger partial charge in [-0.2, -0.15) is 0 Å². The number of halogens is 1. The largest absolute Gasteiger partial charge is 0.318 e. The highest BCUT2D eigenvalue weighted by Gasteiger charge is 2.36. The average Bonchev–Trinajstić information content (AvgIpc) is 3.12. The standard InChI is InChI=1S/C22H17BrN2O2S/c1-14-12-16(15(2)24(14)19-10-8-17(23)9-11-19)13-20-21(26)25(22(27)28-20)18-6-4-3-5-7-18/h3-13H,1-2H3. The second kappa shape index (κ2) is 7.45. The molecule has 2 amide bonds. The molecule has 1 aliphatic heterocycles. The average molecular weight is 453 g/mol. The summed E-state index contributed by atoms with van der Waals surface area (Å²) in [6.07, 6.45) is 1.81. The molecule has 1 aliphatic rings. The van der Waals surface area contributed by atoms with E-state index in [2.05, 4.69) is 20.5 Å². The molecule has 1 aromatic heterocycles. The topological polar surface area (TPSA) is 42.3 Å². The third kappa shape index (κ3) is 3.34. The smallest absolute Gasteiger partial charge is 0.298 e. The number of thioether (sulfide) groups is 1. The molecule has 0 bridgehead atoms. The Morgan fingerprint density at radius 1 is 0.929 bits per heavy atom. The van der Waals surface area contributed by atoms with Crippen LogP contribution in [-0.4, -0.2) is 15.7 Å². The summed E-state index contributed by atoms with van der Waals surface area (Å²) in [6.45, 7) is 4.05. The Bertz CT molecular complexity index is 1100. The molecule has 0 N–H and O–H groups in total. The van der Waals surface area contributed by atoms with Crippen LogP contribution >= 0.6 is 27.7 Å². The molecule has 1 fully saturated rings. The van der Waals surface area contributed by atoms with Crippen LogP contribution in [0.4, 0.5) is 10.5 Å². The van der Waals surface area contributed by atoms with Gasteiger partial charge in [0.15, 0.2) is 0 Å². The Kier molecular flexibility index (Phi) is 5.00. The van der Waals surface area contributed by atoms with Gasteiger partial charge in [0, 0.05) is 21.5 Å². The van der Waals surface area contributed by atoms with Crippen LogP contribution in [0.3, 0.4) is 0 Å². The van der Waals surface area contributed by atoms with Crippen molar-refractivity contribution in [2.75, 3.05) is 4.90 Å². The van der Waals surface area contributed by atoms with Gasteiger partial charge < -0.3 is 4.57 Å². The minimum Gasteiger partial charge on any atom is -0.318 e. The van der Waals surface area contributed by atoms with E-state index in [0.29, 0.717) is 10.6 Å². The molecule has 3 aromatic rings. The van der Waals surface area contributed by atoms with Crippen molar-refractivity contribution < 1.29 is 9.59 Å². The number of benzene rings is 2. The maximum atomic E-state index is 12.8. The highest BCUT2D eigenvalue weighted by atomic mass is 79.9. The number of aryl methyl sites for hydroxylation is 1. The fourth-order valence-corrected chi connectivity index (χ4v) is 4.43. The van der Waals surface area contributed by atoms with Crippen LogP contribution in [0.15, 0.2) is 70.0 Å². The van der Waals surface area contributed by atoms with E-state index < -0.39 is 0 Å². The normalized spacial score (nSPS) is 15.7. The first-order valence-corrected chi connectivity index (χ1v) is 10.3. The number of hydrogen-bond acceptors (Lipinski definition) is 3. The number of nitrogens with zero attached hydrogens (tertiary/aromatic N) is 2. The Labute approximate surface area is 176 Å². The lowest BCUT2D eigenvalue weighted by Crippen LogP contribution is -2.27. The molecule has 2 heterocycles. The number of rotatable bonds is 3. The van der Waals surface area contributed by atoms with E-state index in [0.717, 1.165) is 38.9 Å². The van der Waals surface area contributed by atoms with E-state index in [1.165, 1.54) is 4.90 Å². The zero-order valence-corrected chi connectivity index (χ0v) is 17.8. The molecule has 0 saturated carbocycles. The highest BCUT2D eigenvalue weighted by Crippen LogP contribution is 2.36.